The van der Waals surface area contributed by atoms with E-state index in [2.05, 4.69) is 114 Å². The van der Waals surface area contributed by atoms with Crippen molar-refractivity contribution >= 4 is 11.4 Å². The lowest BCUT2D eigenvalue weighted by molar-refractivity contribution is 0.602. The van der Waals surface area contributed by atoms with Gasteiger partial charge in [-0.2, -0.15) is 0 Å². The van der Waals surface area contributed by atoms with Crippen LogP contribution in [-0.2, 0) is 0 Å². The summed E-state index contributed by atoms with van der Waals surface area (Å²) in [6, 6.07) is 18.6. The van der Waals surface area contributed by atoms with Gasteiger partial charge in [0.05, 0.1) is 6.67 Å². The Morgan fingerprint density at radius 1 is 0.556 bits per heavy atom. The van der Waals surface area contributed by atoms with Crippen LogP contribution in [0.1, 0.15) is 78.4 Å². The van der Waals surface area contributed by atoms with Crippen molar-refractivity contribution in [3.05, 3.63) is 59.7 Å². The summed E-state index contributed by atoms with van der Waals surface area (Å²) in [5.74, 6) is 1.02. The molecule has 2 rings (SSSR count). The van der Waals surface area contributed by atoms with E-state index in [0.29, 0.717) is 23.9 Å². The van der Waals surface area contributed by atoms with Gasteiger partial charge in [0.1, 0.15) is 0 Å². The number of para-hydroxylation sites is 2. The van der Waals surface area contributed by atoms with Crippen molar-refractivity contribution in [2.45, 2.75) is 79.3 Å². The SMILES string of the molecule is CC(C)c1ccccc1N(CN(c1ccccc1C(C)C)C(C)C)C(C)C. The van der Waals surface area contributed by atoms with Crippen LogP contribution in [0.5, 0.6) is 0 Å². The van der Waals surface area contributed by atoms with Crippen LogP contribution in [0.4, 0.5) is 11.4 Å². The van der Waals surface area contributed by atoms with Crippen LogP contribution in [-0.4, -0.2) is 18.8 Å². The highest BCUT2D eigenvalue weighted by Gasteiger charge is 2.22. The monoisotopic (exact) mass is 366 g/mol. The van der Waals surface area contributed by atoms with E-state index in [1.54, 1.807) is 0 Å². The van der Waals surface area contributed by atoms with Crippen LogP contribution in [0.3, 0.4) is 0 Å². The summed E-state index contributed by atoms with van der Waals surface area (Å²) in [6.07, 6.45) is 0. The quantitative estimate of drug-likeness (QED) is 0.463. The fourth-order valence-corrected chi connectivity index (χ4v) is 3.67. The maximum atomic E-state index is 2.55. The van der Waals surface area contributed by atoms with E-state index in [0.717, 1.165) is 6.67 Å². The average Bonchev–Trinajstić information content (AvgIpc) is 2.61. The van der Waals surface area contributed by atoms with Crippen molar-refractivity contribution in [2.75, 3.05) is 16.5 Å². The Hall–Kier alpha value is -1.96. The summed E-state index contributed by atoms with van der Waals surface area (Å²) in [7, 11) is 0. The topological polar surface area (TPSA) is 6.48 Å². The largest absolute Gasteiger partial charge is 0.351 e. The molecule has 0 atom stereocenters. The second-order valence-electron chi connectivity index (χ2n) is 8.70. The molecule has 0 heterocycles. The van der Waals surface area contributed by atoms with Gasteiger partial charge in [-0.1, -0.05) is 64.1 Å². The van der Waals surface area contributed by atoms with Gasteiger partial charge in [0, 0.05) is 23.5 Å². The maximum absolute atomic E-state index is 2.55. The van der Waals surface area contributed by atoms with Crippen LogP contribution in [0, 0.1) is 0 Å². The molecule has 0 unspecified atom stereocenters. The number of rotatable bonds is 8. The molecular weight excluding hydrogens is 328 g/mol. The molecule has 0 aliphatic carbocycles. The Labute approximate surface area is 167 Å². The predicted octanol–water partition coefficient (Wildman–Crippen LogP) is 7.02. The van der Waals surface area contributed by atoms with E-state index in [-0.39, 0.29) is 0 Å². The zero-order valence-corrected chi connectivity index (χ0v) is 18.5. The normalized spacial score (nSPS) is 11.7. The fraction of sp³-hybridized carbons (Fsp3) is 0.520. The molecule has 27 heavy (non-hydrogen) atoms. The minimum absolute atomic E-state index is 0.428. The van der Waals surface area contributed by atoms with Crippen LogP contribution in [0.25, 0.3) is 0 Å². The zero-order valence-electron chi connectivity index (χ0n) is 18.5. The van der Waals surface area contributed by atoms with Gasteiger partial charge in [0.2, 0.25) is 0 Å². The van der Waals surface area contributed by atoms with E-state index in [1.165, 1.54) is 22.5 Å². The molecule has 0 aliphatic rings. The van der Waals surface area contributed by atoms with Gasteiger partial charge >= 0.3 is 0 Å². The first-order valence-corrected chi connectivity index (χ1v) is 10.4. The van der Waals surface area contributed by atoms with Gasteiger partial charge in [-0.3, -0.25) is 0 Å². The summed E-state index contributed by atoms with van der Waals surface area (Å²) in [6.45, 7) is 19.2. The highest BCUT2D eigenvalue weighted by Crippen LogP contribution is 2.32. The van der Waals surface area contributed by atoms with Crippen molar-refractivity contribution in [3.8, 4) is 0 Å². The van der Waals surface area contributed by atoms with E-state index < -0.39 is 0 Å². The van der Waals surface area contributed by atoms with Crippen molar-refractivity contribution in [1.29, 1.82) is 0 Å². The second-order valence-corrected chi connectivity index (χ2v) is 8.70. The standard InChI is InChI=1S/C25H38N2/c1-18(2)22-13-9-11-15-24(22)26(20(5)6)17-27(21(7)8)25-16-12-10-14-23(25)19(3)4/h9-16,18-21H,17H2,1-8H3. The van der Waals surface area contributed by atoms with Gasteiger partial charge in [-0.25, -0.2) is 0 Å². The van der Waals surface area contributed by atoms with Crippen LogP contribution in [0.15, 0.2) is 48.5 Å². The highest BCUT2D eigenvalue weighted by molar-refractivity contribution is 5.60. The molecule has 0 fully saturated rings. The van der Waals surface area contributed by atoms with Gasteiger partial charge in [-0.15, -0.1) is 0 Å². The number of benzene rings is 2. The third-order valence-electron chi connectivity index (χ3n) is 5.29. The molecule has 0 amide bonds. The van der Waals surface area contributed by atoms with E-state index >= 15 is 0 Å². The lowest BCUT2D eigenvalue weighted by atomic mass is 9.99. The van der Waals surface area contributed by atoms with Crippen molar-refractivity contribution < 1.29 is 0 Å². The summed E-state index contributed by atoms with van der Waals surface area (Å²) >= 11 is 0. The number of anilines is 2. The van der Waals surface area contributed by atoms with E-state index in [4.69, 9.17) is 0 Å². The Bertz CT molecular complexity index is 654. The number of hydrogen-bond acceptors (Lipinski definition) is 2. The Morgan fingerprint density at radius 2 is 0.889 bits per heavy atom. The summed E-state index contributed by atoms with van der Waals surface area (Å²) in [4.78, 5) is 5.10. The molecule has 0 saturated carbocycles. The third-order valence-corrected chi connectivity index (χ3v) is 5.29. The Kier molecular flexibility index (Phi) is 7.35. The molecule has 0 N–H and O–H groups in total. The maximum Gasteiger partial charge on any atom is 0.0908 e. The van der Waals surface area contributed by atoms with Crippen LogP contribution in [0.2, 0.25) is 0 Å². The van der Waals surface area contributed by atoms with Crippen molar-refractivity contribution in [2.24, 2.45) is 0 Å². The molecule has 0 aliphatic heterocycles. The lowest BCUT2D eigenvalue weighted by Gasteiger charge is -2.40. The molecule has 0 radical (unpaired) electrons. The van der Waals surface area contributed by atoms with Crippen molar-refractivity contribution in [1.82, 2.24) is 0 Å². The van der Waals surface area contributed by atoms with Gasteiger partial charge in [0.15, 0.2) is 0 Å². The molecule has 0 spiro atoms. The summed E-state index contributed by atoms with van der Waals surface area (Å²) in [5, 5.41) is 0. The lowest BCUT2D eigenvalue weighted by Crippen LogP contribution is -2.45. The van der Waals surface area contributed by atoms with Crippen LogP contribution >= 0.6 is 0 Å². The summed E-state index contributed by atoms with van der Waals surface area (Å²) < 4.78 is 0. The number of hydrogen-bond donors (Lipinski definition) is 0. The molecule has 2 nitrogen and oxygen atoms in total. The third kappa shape index (κ3) is 5.06. The molecule has 2 aromatic carbocycles. The smallest absolute Gasteiger partial charge is 0.0908 e. The molecule has 2 heteroatoms. The predicted molar refractivity (Wildman–Crippen MR) is 121 cm³/mol. The first-order chi connectivity index (χ1) is 12.7. The molecule has 0 saturated heterocycles. The first kappa shape index (κ1) is 21.3. The summed E-state index contributed by atoms with van der Waals surface area (Å²) in [5.41, 5.74) is 5.56. The van der Waals surface area contributed by atoms with Gasteiger partial charge in [0.25, 0.3) is 0 Å². The fourth-order valence-electron chi connectivity index (χ4n) is 3.67. The van der Waals surface area contributed by atoms with Crippen LogP contribution < -0.4 is 9.80 Å². The Balaban J connectivity index is 2.47. The zero-order chi connectivity index (χ0) is 20.1. The van der Waals surface area contributed by atoms with E-state index in [1.807, 2.05) is 0 Å². The molecule has 0 aromatic heterocycles. The van der Waals surface area contributed by atoms with Crippen molar-refractivity contribution in [3.63, 3.8) is 0 Å². The molecule has 148 valence electrons. The molecule has 2 aromatic rings. The second kappa shape index (κ2) is 9.30. The minimum Gasteiger partial charge on any atom is -0.351 e. The molecule has 0 bridgehead atoms. The Morgan fingerprint density at radius 3 is 1.19 bits per heavy atom. The van der Waals surface area contributed by atoms with E-state index in [9.17, 15) is 0 Å². The highest BCUT2D eigenvalue weighted by atomic mass is 15.3. The first-order valence-electron chi connectivity index (χ1n) is 10.4. The molecular formula is C25H38N2. The van der Waals surface area contributed by atoms with Gasteiger partial charge < -0.3 is 9.80 Å². The van der Waals surface area contributed by atoms with Gasteiger partial charge in [-0.05, 0) is 62.8 Å². The average molecular weight is 367 g/mol. The minimum atomic E-state index is 0.428. The number of nitrogens with zero attached hydrogens (tertiary/aromatic N) is 2.